The molecule has 0 aliphatic heterocycles. The van der Waals surface area contributed by atoms with Gasteiger partial charge >= 0.3 is 0 Å². The van der Waals surface area contributed by atoms with Crippen LogP contribution >= 0.6 is 0 Å². The van der Waals surface area contributed by atoms with Crippen LogP contribution in [0, 0.1) is 0 Å². The lowest BCUT2D eigenvalue weighted by Gasteiger charge is -2.28. The monoisotopic (exact) mass is 314 g/mol. The summed E-state index contributed by atoms with van der Waals surface area (Å²) in [5.74, 6) is 0.838. The van der Waals surface area contributed by atoms with Crippen LogP contribution in [0.3, 0.4) is 0 Å². The summed E-state index contributed by atoms with van der Waals surface area (Å²) >= 11 is 0. The lowest BCUT2D eigenvalue weighted by molar-refractivity contribution is 0.0353. The van der Waals surface area contributed by atoms with Crippen molar-refractivity contribution in [3.05, 3.63) is 59.9 Å². The molecule has 0 aliphatic rings. The normalized spacial score (nSPS) is 11.7. The van der Waals surface area contributed by atoms with Gasteiger partial charge in [0.2, 0.25) is 0 Å². The number of hydrogen-bond donors (Lipinski definition) is 1. The number of likely N-dealkylation sites (N-methyl/N-ethyl adjacent to an activating group) is 1. The van der Waals surface area contributed by atoms with Crippen LogP contribution in [-0.4, -0.2) is 33.7 Å². The third kappa shape index (κ3) is 6.38. The molecule has 4 heteroatoms. The molecule has 0 amide bonds. The highest BCUT2D eigenvalue weighted by Gasteiger charge is 2.17. The molecule has 0 bridgehead atoms. The van der Waals surface area contributed by atoms with E-state index in [0.717, 1.165) is 24.5 Å². The zero-order chi connectivity index (χ0) is 16.7. The first-order valence-electron chi connectivity index (χ1n) is 8.02. The first kappa shape index (κ1) is 17.4. The number of benzene rings is 1. The maximum absolute atomic E-state index is 9.95. The van der Waals surface area contributed by atoms with Crippen molar-refractivity contribution in [2.24, 2.45) is 0 Å². The van der Waals surface area contributed by atoms with E-state index in [1.807, 2.05) is 44.2 Å². The number of hydrogen-bond acceptors (Lipinski definition) is 4. The molecule has 1 aromatic heterocycles. The van der Waals surface area contributed by atoms with Gasteiger partial charge in [-0.15, -0.1) is 0 Å². The molecule has 0 unspecified atom stereocenters. The summed E-state index contributed by atoms with van der Waals surface area (Å²) in [7, 11) is 0. The van der Waals surface area contributed by atoms with Gasteiger partial charge < -0.3 is 9.84 Å². The summed E-state index contributed by atoms with van der Waals surface area (Å²) in [5, 5.41) is 9.95. The molecule has 23 heavy (non-hydrogen) atoms. The Hall–Kier alpha value is -1.91. The molecule has 124 valence electrons. The number of pyridine rings is 1. The molecule has 0 spiro atoms. The van der Waals surface area contributed by atoms with Gasteiger partial charge in [-0.25, -0.2) is 0 Å². The van der Waals surface area contributed by atoms with Crippen molar-refractivity contribution < 1.29 is 9.84 Å². The Morgan fingerprint density at radius 2 is 1.87 bits per heavy atom. The third-order valence-electron chi connectivity index (χ3n) is 3.50. The largest absolute Gasteiger partial charge is 0.487 e. The van der Waals surface area contributed by atoms with Crippen LogP contribution in [0.5, 0.6) is 5.75 Å². The number of nitrogens with zero attached hydrogens (tertiary/aromatic N) is 2. The Kier molecular flexibility index (Phi) is 6.13. The molecule has 0 saturated carbocycles. The van der Waals surface area contributed by atoms with Crippen LogP contribution in [0.4, 0.5) is 0 Å². The Bertz CT molecular complexity index is 577. The molecule has 0 saturated heterocycles. The van der Waals surface area contributed by atoms with E-state index in [0.29, 0.717) is 13.2 Å². The van der Waals surface area contributed by atoms with E-state index >= 15 is 0 Å². The van der Waals surface area contributed by atoms with E-state index in [2.05, 4.69) is 28.9 Å². The summed E-state index contributed by atoms with van der Waals surface area (Å²) in [6, 6.07) is 13.9. The van der Waals surface area contributed by atoms with Gasteiger partial charge in [-0.05, 0) is 50.2 Å². The zero-order valence-electron chi connectivity index (χ0n) is 14.2. The van der Waals surface area contributed by atoms with Gasteiger partial charge in [0.05, 0.1) is 11.3 Å². The molecule has 0 aliphatic carbocycles. The second kappa shape index (κ2) is 8.09. The lowest BCUT2D eigenvalue weighted by atomic mass is 10.1. The Balaban J connectivity index is 1.88. The van der Waals surface area contributed by atoms with Gasteiger partial charge in [0.25, 0.3) is 0 Å². The van der Waals surface area contributed by atoms with E-state index < -0.39 is 5.60 Å². The molecule has 0 fully saturated rings. The first-order valence-corrected chi connectivity index (χ1v) is 8.02. The third-order valence-corrected chi connectivity index (χ3v) is 3.50. The van der Waals surface area contributed by atoms with Crippen molar-refractivity contribution in [3.63, 3.8) is 0 Å². The zero-order valence-corrected chi connectivity index (χ0v) is 14.2. The number of aromatic nitrogens is 1. The van der Waals surface area contributed by atoms with Crippen molar-refractivity contribution in [2.45, 2.75) is 39.5 Å². The van der Waals surface area contributed by atoms with E-state index in [1.54, 1.807) is 6.20 Å². The highest BCUT2D eigenvalue weighted by atomic mass is 16.5. The van der Waals surface area contributed by atoms with Crippen LogP contribution in [0.25, 0.3) is 0 Å². The fraction of sp³-hybridized carbons (Fsp3) is 0.421. The van der Waals surface area contributed by atoms with Crippen molar-refractivity contribution in [2.75, 3.05) is 13.1 Å². The first-order chi connectivity index (χ1) is 11.0. The average Bonchev–Trinajstić information content (AvgIpc) is 2.53. The maximum Gasteiger partial charge on any atom is 0.130 e. The Morgan fingerprint density at radius 3 is 2.43 bits per heavy atom. The van der Waals surface area contributed by atoms with Gasteiger partial charge in [0, 0.05) is 19.3 Å². The summed E-state index contributed by atoms with van der Waals surface area (Å²) < 4.78 is 5.74. The second-order valence-electron chi connectivity index (χ2n) is 6.37. The van der Waals surface area contributed by atoms with Gasteiger partial charge in [0.15, 0.2) is 0 Å². The van der Waals surface area contributed by atoms with Crippen LogP contribution < -0.4 is 4.74 Å². The molecule has 1 aromatic carbocycles. The van der Waals surface area contributed by atoms with Crippen LogP contribution in [0.1, 0.15) is 32.0 Å². The fourth-order valence-corrected chi connectivity index (χ4v) is 2.42. The van der Waals surface area contributed by atoms with Gasteiger partial charge in [-0.3, -0.25) is 9.88 Å². The molecule has 2 rings (SSSR count). The second-order valence-corrected chi connectivity index (χ2v) is 6.37. The van der Waals surface area contributed by atoms with Crippen LogP contribution in [-0.2, 0) is 13.2 Å². The topological polar surface area (TPSA) is 45.6 Å². The fourth-order valence-electron chi connectivity index (χ4n) is 2.42. The quantitative estimate of drug-likeness (QED) is 0.812. The minimum Gasteiger partial charge on any atom is -0.487 e. The van der Waals surface area contributed by atoms with Gasteiger partial charge in [0.1, 0.15) is 12.4 Å². The maximum atomic E-state index is 9.95. The van der Waals surface area contributed by atoms with E-state index in [-0.39, 0.29) is 0 Å². The van der Waals surface area contributed by atoms with Crippen molar-refractivity contribution in [1.82, 2.24) is 9.88 Å². The molecular weight excluding hydrogens is 288 g/mol. The standard InChI is InChI=1S/C19H26N2O2/c1-4-21(15-19(2,3)22)13-16-8-10-18(11-9-16)23-14-17-7-5-6-12-20-17/h5-12,22H,4,13-15H2,1-3H3. The van der Waals surface area contributed by atoms with Crippen molar-refractivity contribution in [1.29, 1.82) is 0 Å². The Labute approximate surface area is 138 Å². The predicted octanol–water partition coefficient (Wildman–Crippen LogP) is 3.25. The molecule has 1 heterocycles. The Morgan fingerprint density at radius 1 is 1.13 bits per heavy atom. The molecule has 2 aromatic rings. The average molecular weight is 314 g/mol. The lowest BCUT2D eigenvalue weighted by Crippen LogP contribution is -2.38. The SMILES string of the molecule is CCN(Cc1ccc(OCc2ccccn2)cc1)CC(C)(C)O. The highest BCUT2D eigenvalue weighted by Crippen LogP contribution is 2.16. The predicted molar refractivity (Wildman–Crippen MR) is 92.3 cm³/mol. The van der Waals surface area contributed by atoms with Crippen LogP contribution in [0.2, 0.25) is 0 Å². The summed E-state index contributed by atoms with van der Waals surface area (Å²) in [5.41, 5.74) is 1.45. The minimum absolute atomic E-state index is 0.472. The highest BCUT2D eigenvalue weighted by molar-refractivity contribution is 5.27. The number of rotatable bonds is 8. The van der Waals surface area contributed by atoms with Crippen molar-refractivity contribution >= 4 is 0 Å². The van der Waals surface area contributed by atoms with E-state index in [9.17, 15) is 5.11 Å². The molecular formula is C19H26N2O2. The molecule has 1 N–H and O–H groups in total. The van der Waals surface area contributed by atoms with Gasteiger partial charge in [-0.2, -0.15) is 0 Å². The summed E-state index contributed by atoms with van der Waals surface area (Å²) in [6.07, 6.45) is 1.77. The van der Waals surface area contributed by atoms with Gasteiger partial charge in [-0.1, -0.05) is 25.1 Å². The molecule has 4 nitrogen and oxygen atoms in total. The van der Waals surface area contributed by atoms with E-state index in [1.165, 1.54) is 5.56 Å². The summed E-state index contributed by atoms with van der Waals surface area (Å²) in [6.45, 7) is 8.63. The molecule has 0 radical (unpaired) electrons. The van der Waals surface area contributed by atoms with Crippen molar-refractivity contribution in [3.8, 4) is 5.75 Å². The van der Waals surface area contributed by atoms with E-state index in [4.69, 9.17) is 4.74 Å². The smallest absolute Gasteiger partial charge is 0.130 e. The minimum atomic E-state index is -0.679. The number of aliphatic hydroxyl groups is 1. The van der Waals surface area contributed by atoms with Crippen LogP contribution in [0.15, 0.2) is 48.7 Å². The molecule has 0 atom stereocenters. The number of ether oxygens (including phenoxy) is 1. The summed E-state index contributed by atoms with van der Waals surface area (Å²) in [4.78, 5) is 6.47.